The summed E-state index contributed by atoms with van der Waals surface area (Å²) in [6.45, 7) is 8.43. The molecule has 1 aromatic carbocycles. The van der Waals surface area contributed by atoms with E-state index in [0.717, 1.165) is 31.7 Å². The Kier molecular flexibility index (Phi) is 6.34. The van der Waals surface area contributed by atoms with Gasteiger partial charge in [0.05, 0.1) is 7.11 Å². The lowest BCUT2D eigenvalue weighted by Crippen LogP contribution is -2.55. The lowest BCUT2D eigenvalue weighted by Gasteiger charge is -2.34. The molecule has 3 amide bonds. The molecule has 146 valence electrons. The number of rotatable bonds is 6. The number of urea groups is 1. The van der Waals surface area contributed by atoms with E-state index in [9.17, 15) is 9.59 Å². The lowest BCUT2D eigenvalue weighted by atomic mass is 10.1. The van der Waals surface area contributed by atoms with E-state index in [2.05, 4.69) is 16.8 Å². The standard InChI is InChI=1S/C20H28N4O3/c1-3-8-22-9-7-16(14-22)13-21-20(26)23-10-11-24(19(25)15-23)17-5-4-6-18(12-17)27-2/h3-6,12,16H,1,7-11,13-15H2,2H3,(H,21,26)/t16-/m0/s1. The molecule has 2 aliphatic rings. The predicted octanol–water partition coefficient (Wildman–Crippen LogP) is 1.56. The molecule has 0 saturated carbocycles. The topological polar surface area (TPSA) is 65.1 Å². The van der Waals surface area contributed by atoms with Crippen molar-refractivity contribution >= 4 is 17.6 Å². The summed E-state index contributed by atoms with van der Waals surface area (Å²) in [5.74, 6) is 1.09. The summed E-state index contributed by atoms with van der Waals surface area (Å²) in [6, 6.07) is 7.26. The van der Waals surface area contributed by atoms with Crippen molar-refractivity contribution in [2.24, 2.45) is 5.92 Å². The van der Waals surface area contributed by atoms with Crippen molar-refractivity contribution in [2.75, 3.05) is 57.8 Å². The van der Waals surface area contributed by atoms with Gasteiger partial charge in [-0.1, -0.05) is 12.1 Å². The molecule has 0 aliphatic carbocycles. The molecule has 1 N–H and O–H groups in total. The van der Waals surface area contributed by atoms with Crippen LogP contribution in [-0.2, 0) is 4.79 Å². The van der Waals surface area contributed by atoms with Crippen LogP contribution in [0.4, 0.5) is 10.5 Å². The number of methoxy groups -OCH3 is 1. The average molecular weight is 372 g/mol. The Morgan fingerprint density at radius 1 is 1.37 bits per heavy atom. The Balaban J connectivity index is 1.48. The molecular weight excluding hydrogens is 344 g/mol. The quantitative estimate of drug-likeness (QED) is 0.770. The zero-order chi connectivity index (χ0) is 19.2. The highest BCUT2D eigenvalue weighted by Gasteiger charge is 2.29. The molecular formula is C20H28N4O3. The fourth-order valence-corrected chi connectivity index (χ4v) is 3.67. The first-order valence-electron chi connectivity index (χ1n) is 9.41. The van der Waals surface area contributed by atoms with Gasteiger partial charge in [0.2, 0.25) is 5.91 Å². The van der Waals surface area contributed by atoms with Crippen LogP contribution in [-0.4, -0.2) is 74.7 Å². The van der Waals surface area contributed by atoms with Gasteiger partial charge >= 0.3 is 6.03 Å². The number of piperazine rings is 1. The minimum absolute atomic E-state index is 0.0809. The monoisotopic (exact) mass is 372 g/mol. The maximum Gasteiger partial charge on any atom is 0.317 e. The number of likely N-dealkylation sites (tertiary alicyclic amines) is 1. The van der Waals surface area contributed by atoms with Crippen LogP contribution in [0.5, 0.6) is 5.75 Å². The number of benzene rings is 1. The highest BCUT2D eigenvalue weighted by molar-refractivity contribution is 5.97. The molecule has 1 atom stereocenters. The van der Waals surface area contributed by atoms with Gasteiger partial charge in [0.25, 0.3) is 0 Å². The van der Waals surface area contributed by atoms with E-state index in [-0.39, 0.29) is 18.5 Å². The molecule has 0 radical (unpaired) electrons. The molecule has 7 heteroatoms. The number of hydrogen-bond donors (Lipinski definition) is 1. The van der Waals surface area contributed by atoms with Crippen LogP contribution in [0.15, 0.2) is 36.9 Å². The predicted molar refractivity (Wildman–Crippen MR) is 105 cm³/mol. The summed E-state index contributed by atoms with van der Waals surface area (Å²) < 4.78 is 5.22. The van der Waals surface area contributed by atoms with E-state index < -0.39 is 0 Å². The van der Waals surface area contributed by atoms with Crippen LogP contribution in [0, 0.1) is 5.92 Å². The second-order valence-electron chi connectivity index (χ2n) is 7.06. The SMILES string of the molecule is C=CCN1CC[C@@H](CNC(=O)N2CCN(c3cccc(OC)c3)C(=O)C2)C1. The zero-order valence-corrected chi connectivity index (χ0v) is 15.9. The maximum absolute atomic E-state index is 12.5. The number of amides is 3. The number of carbonyl (C=O) groups is 2. The van der Waals surface area contributed by atoms with Crippen molar-refractivity contribution in [1.82, 2.24) is 15.1 Å². The maximum atomic E-state index is 12.5. The van der Waals surface area contributed by atoms with Crippen molar-refractivity contribution in [1.29, 1.82) is 0 Å². The van der Waals surface area contributed by atoms with Crippen LogP contribution in [0.2, 0.25) is 0 Å². The second-order valence-corrected chi connectivity index (χ2v) is 7.06. The number of anilines is 1. The van der Waals surface area contributed by atoms with Crippen molar-refractivity contribution in [3.05, 3.63) is 36.9 Å². The molecule has 2 heterocycles. The Hall–Kier alpha value is -2.54. The van der Waals surface area contributed by atoms with Gasteiger partial charge in [-0.3, -0.25) is 9.69 Å². The van der Waals surface area contributed by atoms with E-state index >= 15 is 0 Å². The van der Waals surface area contributed by atoms with Crippen molar-refractivity contribution in [2.45, 2.75) is 6.42 Å². The third-order valence-corrected chi connectivity index (χ3v) is 5.17. The highest BCUT2D eigenvalue weighted by Crippen LogP contribution is 2.22. The molecule has 0 spiro atoms. The summed E-state index contributed by atoms with van der Waals surface area (Å²) in [5.41, 5.74) is 0.799. The molecule has 0 unspecified atom stereocenters. The number of nitrogens with zero attached hydrogens (tertiary/aromatic N) is 3. The van der Waals surface area contributed by atoms with Crippen LogP contribution in [0.1, 0.15) is 6.42 Å². The lowest BCUT2D eigenvalue weighted by molar-refractivity contribution is -0.120. The first-order chi connectivity index (χ1) is 13.1. The number of nitrogens with one attached hydrogen (secondary N) is 1. The van der Waals surface area contributed by atoms with E-state index in [1.165, 1.54) is 0 Å². The van der Waals surface area contributed by atoms with Gasteiger partial charge in [0.15, 0.2) is 0 Å². The van der Waals surface area contributed by atoms with E-state index in [0.29, 0.717) is 31.3 Å². The molecule has 27 heavy (non-hydrogen) atoms. The van der Waals surface area contributed by atoms with E-state index in [1.54, 1.807) is 16.9 Å². The zero-order valence-electron chi connectivity index (χ0n) is 15.9. The molecule has 3 rings (SSSR count). The number of hydrogen-bond acceptors (Lipinski definition) is 4. The van der Waals surface area contributed by atoms with Crippen molar-refractivity contribution in [3.63, 3.8) is 0 Å². The first kappa shape index (κ1) is 19.2. The Bertz CT molecular complexity index is 694. The van der Waals surface area contributed by atoms with Gasteiger partial charge in [-0.15, -0.1) is 6.58 Å². The fourth-order valence-electron chi connectivity index (χ4n) is 3.67. The first-order valence-corrected chi connectivity index (χ1v) is 9.41. The Morgan fingerprint density at radius 3 is 2.96 bits per heavy atom. The minimum atomic E-state index is -0.157. The van der Waals surface area contributed by atoms with Gasteiger partial charge < -0.3 is 19.9 Å². The third-order valence-electron chi connectivity index (χ3n) is 5.17. The molecule has 0 aromatic heterocycles. The highest BCUT2D eigenvalue weighted by atomic mass is 16.5. The van der Waals surface area contributed by atoms with Crippen molar-refractivity contribution < 1.29 is 14.3 Å². The summed E-state index contributed by atoms with van der Waals surface area (Å²) in [6.07, 6.45) is 2.99. The minimum Gasteiger partial charge on any atom is -0.497 e. The summed E-state index contributed by atoms with van der Waals surface area (Å²) in [5, 5.41) is 2.99. The van der Waals surface area contributed by atoms with Crippen LogP contribution >= 0.6 is 0 Å². The van der Waals surface area contributed by atoms with Gasteiger partial charge in [-0.25, -0.2) is 4.79 Å². The van der Waals surface area contributed by atoms with Gasteiger partial charge in [0.1, 0.15) is 12.3 Å². The largest absolute Gasteiger partial charge is 0.497 e. The Morgan fingerprint density at radius 2 is 2.22 bits per heavy atom. The molecule has 2 saturated heterocycles. The van der Waals surface area contributed by atoms with Gasteiger partial charge in [-0.05, 0) is 31.0 Å². The van der Waals surface area contributed by atoms with Gasteiger partial charge in [0, 0.05) is 44.5 Å². The van der Waals surface area contributed by atoms with Gasteiger partial charge in [-0.2, -0.15) is 0 Å². The number of ether oxygens (including phenoxy) is 1. The summed E-state index contributed by atoms with van der Waals surface area (Å²) in [4.78, 5) is 30.6. The second kappa shape index (κ2) is 8.90. The van der Waals surface area contributed by atoms with Crippen molar-refractivity contribution in [3.8, 4) is 5.75 Å². The molecule has 7 nitrogen and oxygen atoms in total. The third kappa shape index (κ3) is 4.80. The smallest absolute Gasteiger partial charge is 0.317 e. The molecule has 1 aromatic rings. The Labute approximate surface area is 160 Å². The summed E-state index contributed by atoms with van der Waals surface area (Å²) in [7, 11) is 1.60. The van der Waals surface area contributed by atoms with E-state index in [1.807, 2.05) is 30.3 Å². The van der Waals surface area contributed by atoms with Crippen LogP contribution in [0.3, 0.4) is 0 Å². The molecule has 2 fully saturated rings. The van der Waals surface area contributed by atoms with Crippen LogP contribution in [0.25, 0.3) is 0 Å². The fraction of sp³-hybridized carbons (Fsp3) is 0.500. The normalized spacial score (nSPS) is 20.6. The van der Waals surface area contributed by atoms with E-state index in [4.69, 9.17) is 4.74 Å². The van der Waals surface area contributed by atoms with Crippen LogP contribution < -0.4 is 15.0 Å². The molecule has 2 aliphatic heterocycles. The molecule has 0 bridgehead atoms. The number of carbonyl (C=O) groups excluding carboxylic acids is 2. The summed E-state index contributed by atoms with van der Waals surface area (Å²) >= 11 is 0. The average Bonchev–Trinajstić information content (AvgIpc) is 3.14.